The summed E-state index contributed by atoms with van der Waals surface area (Å²) in [4.78, 5) is 12.8. The van der Waals surface area contributed by atoms with Crippen molar-refractivity contribution < 1.29 is 0 Å². The fourth-order valence-corrected chi connectivity index (χ4v) is 2.32. The second-order valence-corrected chi connectivity index (χ2v) is 5.27. The quantitative estimate of drug-likeness (QED) is 0.580. The van der Waals surface area contributed by atoms with Crippen LogP contribution in [0.3, 0.4) is 0 Å². The lowest BCUT2D eigenvalue weighted by Gasteiger charge is -2.04. The summed E-state index contributed by atoms with van der Waals surface area (Å²) in [6.07, 6.45) is 13.1. The SMILES string of the molecule is CCCCCCCCCCCCn1c(=O)nnn1C. The third-order valence-electron chi connectivity index (χ3n) is 3.55. The molecule has 0 saturated heterocycles. The summed E-state index contributed by atoms with van der Waals surface area (Å²) < 4.78 is 1.59. The van der Waals surface area contributed by atoms with Gasteiger partial charge in [-0.05, 0) is 11.6 Å². The molecule has 0 unspecified atom stereocenters. The molecule has 0 saturated carbocycles. The van der Waals surface area contributed by atoms with Gasteiger partial charge in [-0.15, -0.1) is 0 Å². The topological polar surface area (TPSA) is 52.7 Å². The van der Waals surface area contributed by atoms with Gasteiger partial charge >= 0.3 is 5.69 Å². The van der Waals surface area contributed by atoms with Gasteiger partial charge in [0.2, 0.25) is 0 Å². The number of nitrogens with zero attached hydrogens (tertiary/aromatic N) is 4. The number of rotatable bonds is 11. The van der Waals surface area contributed by atoms with Crippen LogP contribution in [0.4, 0.5) is 0 Å². The maximum atomic E-state index is 11.3. The molecule has 0 aromatic carbocycles. The molecule has 0 bridgehead atoms. The number of hydrogen-bond donors (Lipinski definition) is 0. The van der Waals surface area contributed by atoms with E-state index in [2.05, 4.69) is 17.2 Å². The van der Waals surface area contributed by atoms with Crippen LogP contribution in [-0.4, -0.2) is 19.8 Å². The van der Waals surface area contributed by atoms with Crippen molar-refractivity contribution in [2.75, 3.05) is 0 Å². The molecule has 0 aliphatic heterocycles. The lowest BCUT2D eigenvalue weighted by Crippen LogP contribution is -2.22. The minimum absolute atomic E-state index is 0.238. The Hall–Kier alpha value is -1.13. The first-order chi connectivity index (χ1) is 9.25. The minimum Gasteiger partial charge on any atom is -0.242 e. The van der Waals surface area contributed by atoms with Gasteiger partial charge in [0.15, 0.2) is 0 Å². The first kappa shape index (κ1) is 15.9. The van der Waals surface area contributed by atoms with Gasteiger partial charge in [0.25, 0.3) is 0 Å². The van der Waals surface area contributed by atoms with E-state index in [4.69, 9.17) is 0 Å². The van der Waals surface area contributed by atoms with E-state index in [1.54, 1.807) is 11.7 Å². The Morgan fingerprint density at radius 3 is 1.89 bits per heavy atom. The summed E-state index contributed by atoms with van der Waals surface area (Å²) in [6.45, 7) is 2.99. The average Bonchev–Trinajstić information content (AvgIpc) is 2.72. The third kappa shape index (κ3) is 6.55. The molecule has 1 rings (SSSR count). The van der Waals surface area contributed by atoms with Gasteiger partial charge in [0, 0.05) is 13.6 Å². The van der Waals surface area contributed by atoms with Gasteiger partial charge in [-0.3, -0.25) is 0 Å². The standard InChI is InChI=1S/C14H28N4O/c1-3-4-5-6-7-8-9-10-11-12-13-18-14(19)15-16-17(18)2/h3-13H2,1-2H3. The lowest BCUT2D eigenvalue weighted by atomic mass is 10.1. The van der Waals surface area contributed by atoms with Crippen molar-refractivity contribution in [3.05, 3.63) is 10.5 Å². The van der Waals surface area contributed by atoms with Gasteiger partial charge in [0.05, 0.1) is 0 Å². The molecule has 110 valence electrons. The lowest BCUT2D eigenvalue weighted by molar-refractivity contribution is 0.426. The molecule has 19 heavy (non-hydrogen) atoms. The zero-order chi connectivity index (χ0) is 13.9. The Labute approximate surface area is 116 Å². The summed E-state index contributed by atoms with van der Waals surface area (Å²) in [7, 11) is 1.75. The van der Waals surface area contributed by atoms with Crippen molar-refractivity contribution in [2.24, 2.45) is 7.05 Å². The van der Waals surface area contributed by atoms with E-state index in [0.29, 0.717) is 0 Å². The van der Waals surface area contributed by atoms with Gasteiger partial charge in [-0.25, -0.2) is 9.48 Å². The highest BCUT2D eigenvalue weighted by Crippen LogP contribution is 2.10. The van der Waals surface area contributed by atoms with Crippen LogP contribution in [0.1, 0.15) is 71.1 Å². The van der Waals surface area contributed by atoms with Crippen LogP contribution in [0, 0.1) is 0 Å². The number of hydrogen-bond acceptors (Lipinski definition) is 3. The second-order valence-electron chi connectivity index (χ2n) is 5.27. The van der Waals surface area contributed by atoms with E-state index in [1.807, 2.05) is 0 Å². The molecular formula is C14H28N4O. The molecule has 0 radical (unpaired) electrons. The fraction of sp³-hybridized carbons (Fsp3) is 0.929. The molecule has 0 spiro atoms. The monoisotopic (exact) mass is 268 g/mol. The van der Waals surface area contributed by atoms with E-state index >= 15 is 0 Å². The maximum absolute atomic E-state index is 11.3. The molecule has 1 aromatic rings. The Balaban J connectivity index is 1.93. The van der Waals surface area contributed by atoms with Gasteiger partial charge in [0.1, 0.15) is 0 Å². The van der Waals surface area contributed by atoms with Crippen LogP contribution < -0.4 is 5.69 Å². The molecular weight excluding hydrogens is 240 g/mol. The molecule has 5 heteroatoms. The molecule has 1 aromatic heterocycles. The number of aryl methyl sites for hydroxylation is 1. The Bertz CT molecular complexity index is 383. The Morgan fingerprint density at radius 2 is 1.42 bits per heavy atom. The molecule has 0 amide bonds. The van der Waals surface area contributed by atoms with Crippen molar-refractivity contribution >= 4 is 0 Å². The van der Waals surface area contributed by atoms with Crippen LogP contribution in [0.2, 0.25) is 0 Å². The maximum Gasteiger partial charge on any atom is 0.383 e. The van der Waals surface area contributed by atoms with E-state index in [0.717, 1.165) is 13.0 Å². The summed E-state index contributed by atoms with van der Waals surface area (Å²) in [5.74, 6) is 0. The van der Waals surface area contributed by atoms with Crippen molar-refractivity contribution in [3.63, 3.8) is 0 Å². The van der Waals surface area contributed by atoms with Gasteiger partial charge in [-0.2, -0.15) is 4.80 Å². The summed E-state index contributed by atoms with van der Waals surface area (Å²) >= 11 is 0. The number of tetrazole rings is 1. The van der Waals surface area contributed by atoms with E-state index in [-0.39, 0.29) is 5.69 Å². The first-order valence-corrected chi connectivity index (χ1v) is 7.72. The molecule has 0 fully saturated rings. The zero-order valence-electron chi connectivity index (χ0n) is 12.5. The Morgan fingerprint density at radius 1 is 0.895 bits per heavy atom. The number of unbranched alkanes of at least 4 members (excludes halogenated alkanes) is 9. The van der Waals surface area contributed by atoms with Gasteiger partial charge in [-0.1, -0.05) is 69.8 Å². The van der Waals surface area contributed by atoms with Crippen LogP contribution in [0.5, 0.6) is 0 Å². The highest BCUT2D eigenvalue weighted by Gasteiger charge is 2.01. The molecule has 0 aliphatic rings. The third-order valence-corrected chi connectivity index (χ3v) is 3.55. The highest BCUT2D eigenvalue weighted by atomic mass is 16.2. The predicted molar refractivity (Wildman–Crippen MR) is 77.1 cm³/mol. The Kier molecular flexibility index (Phi) is 8.18. The van der Waals surface area contributed by atoms with E-state index in [1.165, 1.54) is 62.6 Å². The smallest absolute Gasteiger partial charge is 0.242 e. The van der Waals surface area contributed by atoms with E-state index in [9.17, 15) is 4.79 Å². The first-order valence-electron chi connectivity index (χ1n) is 7.72. The van der Waals surface area contributed by atoms with Crippen molar-refractivity contribution in [1.82, 2.24) is 19.8 Å². The van der Waals surface area contributed by atoms with Crippen LogP contribution in [-0.2, 0) is 13.6 Å². The fourth-order valence-electron chi connectivity index (χ4n) is 2.32. The molecule has 0 N–H and O–H groups in total. The van der Waals surface area contributed by atoms with Crippen LogP contribution in [0.15, 0.2) is 4.79 Å². The molecule has 0 atom stereocenters. The molecule has 0 aliphatic carbocycles. The minimum atomic E-state index is -0.238. The largest absolute Gasteiger partial charge is 0.383 e. The molecule has 5 nitrogen and oxygen atoms in total. The highest BCUT2D eigenvalue weighted by molar-refractivity contribution is 4.55. The number of aromatic nitrogens is 4. The van der Waals surface area contributed by atoms with Crippen molar-refractivity contribution in [2.45, 2.75) is 77.7 Å². The normalized spacial score (nSPS) is 11.1. The van der Waals surface area contributed by atoms with Gasteiger partial charge < -0.3 is 0 Å². The van der Waals surface area contributed by atoms with E-state index < -0.39 is 0 Å². The predicted octanol–water partition coefficient (Wildman–Crippen LogP) is 2.90. The molecule has 1 heterocycles. The van der Waals surface area contributed by atoms with Crippen molar-refractivity contribution in [1.29, 1.82) is 0 Å². The zero-order valence-corrected chi connectivity index (χ0v) is 12.5. The van der Waals surface area contributed by atoms with Crippen molar-refractivity contribution in [3.8, 4) is 0 Å². The van der Waals surface area contributed by atoms with Crippen LogP contribution in [0.25, 0.3) is 0 Å². The summed E-state index contributed by atoms with van der Waals surface area (Å²) in [5, 5.41) is 7.20. The average molecular weight is 268 g/mol. The summed E-state index contributed by atoms with van der Waals surface area (Å²) in [5.41, 5.74) is -0.238. The second kappa shape index (κ2) is 9.75. The summed E-state index contributed by atoms with van der Waals surface area (Å²) in [6, 6.07) is 0. The van der Waals surface area contributed by atoms with Crippen LogP contribution >= 0.6 is 0 Å².